The number of nitrogens with zero attached hydrogens (tertiary/aromatic N) is 3. The third-order valence-electron chi connectivity index (χ3n) is 3.64. The molecule has 0 bridgehead atoms. The van der Waals surface area contributed by atoms with Gasteiger partial charge in [-0.3, -0.25) is 4.40 Å². The predicted octanol–water partition coefficient (Wildman–Crippen LogP) is 2.74. The van der Waals surface area contributed by atoms with E-state index in [1.807, 2.05) is 24.4 Å². The Balaban J connectivity index is 1.57. The summed E-state index contributed by atoms with van der Waals surface area (Å²) < 4.78 is 2.05. The molecule has 1 atom stereocenters. The first-order valence-electron chi connectivity index (χ1n) is 7.03. The molecule has 4 nitrogen and oxygen atoms in total. The number of hydrogen-bond acceptors (Lipinski definition) is 4. The zero-order valence-corrected chi connectivity index (χ0v) is 12.1. The molecule has 1 saturated carbocycles. The third kappa shape index (κ3) is 3.09. The minimum absolute atomic E-state index is 0.508. The van der Waals surface area contributed by atoms with Crippen molar-refractivity contribution in [3.63, 3.8) is 0 Å². The van der Waals surface area contributed by atoms with Gasteiger partial charge in [0, 0.05) is 24.0 Å². The normalized spacial score (nSPS) is 18.2. The first-order valence-corrected chi connectivity index (χ1v) is 7.91. The molecular weight excluding hydrogens is 256 g/mol. The van der Waals surface area contributed by atoms with E-state index in [-0.39, 0.29) is 0 Å². The fraction of sp³-hybridized carbons (Fsp3) is 0.571. The van der Waals surface area contributed by atoms with Gasteiger partial charge in [-0.25, -0.2) is 0 Å². The summed E-state index contributed by atoms with van der Waals surface area (Å²) in [6.45, 7) is 3.29. The second kappa shape index (κ2) is 5.92. The van der Waals surface area contributed by atoms with Crippen LogP contribution in [-0.2, 0) is 0 Å². The highest BCUT2D eigenvalue weighted by molar-refractivity contribution is 7.99. The molecule has 102 valence electrons. The number of nitrogens with one attached hydrogen (secondary N) is 1. The Kier molecular flexibility index (Phi) is 4.03. The van der Waals surface area contributed by atoms with Gasteiger partial charge >= 0.3 is 0 Å². The lowest BCUT2D eigenvalue weighted by atomic mass is 10.2. The zero-order chi connectivity index (χ0) is 13.1. The lowest BCUT2D eigenvalue weighted by molar-refractivity contribution is 0.527. The number of aromatic nitrogens is 3. The summed E-state index contributed by atoms with van der Waals surface area (Å²) in [5.41, 5.74) is 0.918. The molecule has 0 spiro atoms. The lowest BCUT2D eigenvalue weighted by Gasteiger charge is -2.15. The Bertz CT molecular complexity index is 533. The highest BCUT2D eigenvalue weighted by Crippen LogP contribution is 2.22. The van der Waals surface area contributed by atoms with E-state index in [1.54, 1.807) is 11.8 Å². The Morgan fingerprint density at radius 3 is 3.05 bits per heavy atom. The first-order chi connectivity index (χ1) is 9.33. The van der Waals surface area contributed by atoms with E-state index >= 15 is 0 Å². The number of fused-ring (bicyclic) bond motifs is 1. The van der Waals surface area contributed by atoms with Gasteiger partial charge in [0.2, 0.25) is 0 Å². The maximum Gasteiger partial charge on any atom is 0.195 e. The Morgan fingerprint density at radius 1 is 1.37 bits per heavy atom. The Hall–Kier alpha value is -1.07. The van der Waals surface area contributed by atoms with Crippen LogP contribution in [0, 0.1) is 0 Å². The number of rotatable bonds is 5. The van der Waals surface area contributed by atoms with Crippen LogP contribution in [-0.4, -0.2) is 32.4 Å². The van der Waals surface area contributed by atoms with E-state index in [2.05, 4.69) is 26.8 Å². The molecule has 5 heteroatoms. The van der Waals surface area contributed by atoms with E-state index in [0.717, 1.165) is 23.4 Å². The van der Waals surface area contributed by atoms with Gasteiger partial charge in [0.1, 0.15) is 0 Å². The van der Waals surface area contributed by atoms with Crippen LogP contribution >= 0.6 is 11.8 Å². The molecule has 2 heterocycles. The van der Waals surface area contributed by atoms with Crippen molar-refractivity contribution in [2.24, 2.45) is 0 Å². The molecule has 1 unspecified atom stereocenters. The summed E-state index contributed by atoms with van der Waals surface area (Å²) in [4.78, 5) is 0. The van der Waals surface area contributed by atoms with Crippen molar-refractivity contribution in [2.45, 2.75) is 49.1 Å². The highest BCUT2D eigenvalue weighted by Gasteiger charge is 2.16. The van der Waals surface area contributed by atoms with Crippen molar-refractivity contribution in [3.8, 4) is 0 Å². The molecule has 19 heavy (non-hydrogen) atoms. The number of pyridine rings is 1. The second-order valence-electron chi connectivity index (χ2n) is 5.23. The standard InChI is InChI=1S/C14H20N4S/c1-11(10-15-12-6-2-3-7-12)19-14-17-16-13-8-4-5-9-18(13)14/h4-5,8-9,11-12,15H,2-3,6-7,10H2,1H3. The van der Waals surface area contributed by atoms with E-state index in [1.165, 1.54) is 25.7 Å². The van der Waals surface area contributed by atoms with Gasteiger partial charge in [-0.15, -0.1) is 10.2 Å². The van der Waals surface area contributed by atoms with Crippen molar-refractivity contribution in [2.75, 3.05) is 6.54 Å². The number of thioether (sulfide) groups is 1. The zero-order valence-electron chi connectivity index (χ0n) is 11.2. The van der Waals surface area contributed by atoms with Gasteiger partial charge in [-0.05, 0) is 25.0 Å². The molecule has 0 aliphatic heterocycles. The van der Waals surface area contributed by atoms with Gasteiger partial charge < -0.3 is 5.32 Å². The largest absolute Gasteiger partial charge is 0.313 e. The Morgan fingerprint density at radius 2 is 2.21 bits per heavy atom. The van der Waals surface area contributed by atoms with Crippen molar-refractivity contribution in [1.29, 1.82) is 0 Å². The van der Waals surface area contributed by atoms with Crippen LogP contribution in [0.3, 0.4) is 0 Å². The van der Waals surface area contributed by atoms with Crippen molar-refractivity contribution in [3.05, 3.63) is 24.4 Å². The van der Waals surface area contributed by atoms with Crippen LogP contribution in [0.2, 0.25) is 0 Å². The third-order valence-corrected chi connectivity index (χ3v) is 4.70. The SMILES string of the molecule is CC(CNC1CCCC1)Sc1nnc2ccccn12. The van der Waals surface area contributed by atoms with E-state index in [9.17, 15) is 0 Å². The van der Waals surface area contributed by atoms with Gasteiger partial charge in [0.25, 0.3) is 0 Å². The van der Waals surface area contributed by atoms with Gasteiger partial charge in [-0.2, -0.15) is 0 Å². The van der Waals surface area contributed by atoms with Crippen LogP contribution in [0.25, 0.3) is 5.65 Å². The summed E-state index contributed by atoms with van der Waals surface area (Å²) in [5.74, 6) is 0. The average molecular weight is 276 g/mol. The predicted molar refractivity (Wildman–Crippen MR) is 78.6 cm³/mol. The van der Waals surface area contributed by atoms with Gasteiger partial charge in [-0.1, -0.05) is 37.6 Å². The Labute approximate surface area is 118 Å². The minimum atomic E-state index is 0.508. The van der Waals surface area contributed by atoms with Crippen molar-refractivity contribution >= 4 is 17.4 Å². The molecule has 1 aliphatic rings. The summed E-state index contributed by atoms with van der Waals surface area (Å²) in [6.07, 6.45) is 7.47. The first kappa shape index (κ1) is 12.9. The van der Waals surface area contributed by atoms with Crippen LogP contribution in [0.4, 0.5) is 0 Å². The molecule has 0 saturated heterocycles. The fourth-order valence-corrected chi connectivity index (χ4v) is 3.48. The summed E-state index contributed by atoms with van der Waals surface area (Å²) in [7, 11) is 0. The summed E-state index contributed by atoms with van der Waals surface area (Å²) in [6, 6.07) is 6.72. The van der Waals surface area contributed by atoms with Crippen LogP contribution in [0.1, 0.15) is 32.6 Å². The van der Waals surface area contributed by atoms with Crippen molar-refractivity contribution < 1.29 is 0 Å². The molecular formula is C14H20N4S. The molecule has 3 rings (SSSR count). The monoisotopic (exact) mass is 276 g/mol. The van der Waals surface area contributed by atoms with Gasteiger partial charge in [0.05, 0.1) is 0 Å². The highest BCUT2D eigenvalue weighted by atomic mass is 32.2. The maximum atomic E-state index is 4.26. The molecule has 1 aliphatic carbocycles. The van der Waals surface area contributed by atoms with Crippen LogP contribution < -0.4 is 5.32 Å². The van der Waals surface area contributed by atoms with Crippen molar-refractivity contribution in [1.82, 2.24) is 19.9 Å². The topological polar surface area (TPSA) is 42.2 Å². The minimum Gasteiger partial charge on any atom is -0.313 e. The molecule has 1 N–H and O–H groups in total. The van der Waals surface area contributed by atoms with Gasteiger partial charge in [0.15, 0.2) is 10.8 Å². The second-order valence-corrected chi connectivity index (χ2v) is 6.64. The summed E-state index contributed by atoms with van der Waals surface area (Å²) >= 11 is 1.79. The van der Waals surface area contributed by atoms with E-state index in [0.29, 0.717) is 5.25 Å². The summed E-state index contributed by atoms with van der Waals surface area (Å²) in [5, 5.41) is 13.6. The average Bonchev–Trinajstić information content (AvgIpc) is 3.07. The lowest BCUT2D eigenvalue weighted by Crippen LogP contribution is -2.31. The van der Waals surface area contributed by atoms with Crippen LogP contribution in [0.15, 0.2) is 29.6 Å². The molecule has 0 amide bonds. The molecule has 2 aromatic heterocycles. The van der Waals surface area contributed by atoms with E-state index < -0.39 is 0 Å². The molecule has 0 aromatic carbocycles. The maximum absolute atomic E-state index is 4.26. The molecule has 1 fully saturated rings. The number of hydrogen-bond donors (Lipinski definition) is 1. The smallest absolute Gasteiger partial charge is 0.195 e. The quantitative estimate of drug-likeness (QED) is 0.853. The molecule has 2 aromatic rings. The molecule has 0 radical (unpaired) electrons. The van der Waals surface area contributed by atoms with E-state index in [4.69, 9.17) is 0 Å². The van der Waals surface area contributed by atoms with Crippen LogP contribution in [0.5, 0.6) is 0 Å². The fourth-order valence-electron chi connectivity index (χ4n) is 2.58.